The van der Waals surface area contributed by atoms with Crippen molar-refractivity contribution in [3.63, 3.8) is 0 Å². The number of benzene rings is 2. The molecule has 0 fully saturated rings. The molecule has 4 nitrogen and oxygen atoms in total. The van der Waals surface area contributed by atoms with Crippen LogP contribution in [0.5, 0.6) is 0 Å². The van der Waals surface area contributed by atoms with Crippen molar-refractivity contribution in [2.24, 2.45) is 0 Å². The number of urea groups is 1. The molecule has 0 aliphatic carbocycles. The molecular weight excluding hydrogens is 312 g/mol. The maximum atomic E-state index is 12.2. The van der Waals surface area contributed by atoms with Gasteiger partial charge in [0.1, 0.15) is 0 Å². The number of rotatable bonds is 4. The number of hydrogen-bond donors (Lipinski definition) is 2. The third kappa shape index (κ3) is 4.57. The van der Waals surface area contributed by atoms with Gasteiger partial charge in [0.15, 0.2) is 5.78 Å². The van der Waals surface area contributed by atoms with Crippen molar-refractivity contribution in [2.45, 2.75) is 26.3 Å². The van der Waals surface area contributed by atoms with Crippen LogP contribution >= 0.6 is 11.6 Å². The van der Waals surface area contributed by atoms with Gasteiger partial charge in [-0.2, -0.15) is 0 Å². The minimum Gasteiger partial charge on any atom is -0.329 e. The highest BCUT2D eigenvalue weighted by Gasteiger charge is 2.22. The van der Waals surface area contributed by atoms with Crippen LogP contribution in [0.4, 0.5) is 10.5 Å². The van der Waals surface area contributed by atoms with Gasteiger partial charge in [-0.3, -0.25) is 4.79 Å². The maximum absolute atomic E-state index is 12.2. The third-order valence-corrected chi connectivity index (χ3v) is 3.79. The predicted octanol–water partition coefficient (Wildman–Crippen LogP) is 4.60. The Bertz CT molecular complexity index is 707. The molecule has 0 aliphatic rings. The number of hydrogen-bond acceptors (Lipinski definition) is 2. The van der Waals surface area contributed by atoms with Crippen molar-refractivity contribution < 1.29 is 9.59 Å². The van der Waals surface area contributed by atoms with Gasteiger partial charge in [0.2, 0.25) is 0 Å². The number of carbonyl (C=O) groups excluding carboxylic acids is 2. The van der Waals surface area contributed by atoms with Gasteiger partial charge >= 0.3 is 6.03 Å². The summed E-state index contributed by atoms with van der Waals surface area (Å²) < 4.78 is 0. The zero-order valence-corrected chi connectivity index (χ0v) is 14.1. The summed E-state index contributed by atoms with van der Waals surface area (Å²) in [5.74, 6) is -0.00938. The van der Waals surface area contributed by atoms with Crippen molar-refractivity contribution in [3.05, 3.63) is 64.7 Å². The first kappa shape index (κ1) is 17.0. The summed E-state index contributed by atoms with van der Waals surface area (Å²) in [6.07, 6.45) is 0. The lowest BCUT2D eigenvalue weighted by Crippen LogP contribution is -2.43. The first-order valence-electron chi connectivity index (χ1n) is 7.24. The van der Waals surface area contributed by atoms with E-state index < -0.39 is 5.54 Å². The maximum Gasteiger partial charge on any atom is 0.319 e. The van der Waals surface area contributed by atoms with E-state index >= 15 is 0 Å². The van der Waals surface area contributed by atoms with Crippen molar-refractivity contribution in [3.8, 4) is 0 Å². The van der Waals surface area contributed by atoms with E-state index in [4.69, 9.17) is 11.6 Å². The smallest absolute Gasteiger partial charge is 0.319 e. The lowest BCUT2D eigenvalue weighted by molar-refractivity contribution is 0.101. The fraction of sp³-hybridized carbons (Fsp3) is 0.222. The summed E-state index contributed by atoms with van der Waals surface area (Å²) in [5.41, 5.74) is 1.63. The monoisotopic (exact) mass is 330 g/mol. The number of carbonyl (C=O) groups is 2. The SMILES string of the molecule is CC(=O)c1ccc(NC(=O)NC(C)(C)c2ccc(Cl)cc2)cc1. The Morgan fingerprint density at radius 3 is 2.04 bits per heavy atom. The average Bonchev–Trinajstić information content (AvgIpc) is 2.47. The van der Waals surface area contributed by atoms with Gasteiger partial charge in [-0.25, -0.2) is 4.79 Å². The van der Waals surface area contributed by atoms with Crippen LogP contribution in [0.15, 0.2) is 48.5 Å². The first-order chi connectivity index (χ1) is 10.8. The molecule has 2 rings (SSSR count). The number of anilines is 1. The molecule has 120 valence electrons. The standard InChI is InChI=1S/C18H19ClN2O2/c1-12(22)13-4-10-16(11-5-13)20-17(23)21-18(2,3)14-6-8-15(19)9-7-14/h4-11H,1-3H3,(H2,20,21,23). The molecule has 2 N–H and O–H groups in total. The Balaban J connectivity index is 2.03. The molecule has 2 aromatic carbocycles. The summed E-state index contributed by atoms with van der Waals surface area (Å²) in [7, 11) is 0. The minimum absolute atomic E-state index is 0.00938. The molecule has 23 heavy (non-hydrogen) atoms. The highest BCUT2D eigenvalue weighted by Crippen LogP contribution is 2.22. The quantitative estimate of drug-likeness (QED) is 0.805. The summed E-state index contributed by atoms with van der Waals surface area (Å²) in [6.45, 7) is 5.33. The second kappa shape index (κ2) is 6.84. The van der Waals surface area contributed by atoms with Crippen molar-refractivity contribution in [1.82, 2.24) is 5.32 Å². The van der Waals surface area contributed by atoms with Crippen LogP contribution < -0.4 is 10.6 Å². The lowest BCUT2D eigenvalue weighted by Gasteiger charge is -2.27. The van der Waals surface area contributed by atoms with Crippen LogP contribution in [0.25, 0.3) is 0 Å². The number of amides is 2. The molecule has 0 unspecified atom stereocenters. The molecule has 0 aromatic heterocycles. The Kier molecular flexibility index (Phi) is 5.06. The van der Waals surface area contributed by atoms with Crippen molar-refractivity contribution >= 4 is 29.1 Å². The third-order valence-electron chi connectivity index (χ3n) is 3.54. The molecule has 0 saturated heterocycles. The molecular formula is C18H19ClN2O2. The number of nitrogens with one attached hydrogen (secondary N) is 2. The van der Waals surface area contributed by atoms with Gasteiger partial charge in [-0.05, 0) is 62.7 Å². The second-order valence-corrected chi connectivity index (χ2v) is 6.28. The molecule has 0 aliphatic heterocycles. The Hall–Kier alpha value is -2.33. The largest absolute Gasteiger partial charge is 0.329 e. The van der Waals surface area contributed by atoms with Gasteiger partial charge in [0.25, 0.3) is 0 Å². The van der Waals surface area contributed by atoms with Gasteiger partial charge in [-0.1, -0.05) is 23.7 Å². The highest BCUT2D eigenvalue weighted by molar-refractivity contribution is 6.30. The summed E-state index contributed by atoms with van der Waals surface area (Å²) in [5, 5.41) is 6.33. The zero-order chi connectivity index (χ0) is 17.0. The van der Waals surface area contributed by atoms with Gasteiger partial charge in [0, 0.05) is 16.3 Å². The molecule has 2 aromatic rings. The predicted molar refractivity (Wildman–Crippen MR) is 93.1 cm³/mol. The molecule has 2 amide bonds. The van der Waals surface area contributed by atoms with Crippen LogP contribution in [0.2, 0.25) is 5.02 Å². The number of halogens is 1. The Labute approximate surface area is 140 Å². The van der Waals surface area contributed by atoms with E-state index in [0.29, 0.717) is 16.3 Å². The Morgan fingerprint density at radius 1 is 0.957 bits per heavy atom. The van der Waals surface area contributed by atoms with E-state index in [2.05, 4.69) is 10.6 Å². The molecule has 0 atom stereocenters. The van der Waals surface area contributed by atoms with E-state index in [1.807, 2.05) is 26.0 Å². The van der Waals surface area contributed by atoms with Crippen LogP contribution in [0, 0.1) is 0 Å². The summed E-state index contributed by atoms with van der Waals surface area (Å²) >= 11 is 5.89. The lowest BCUT2D eigenvalue weighted by atomic mass is 9.94. The number of ketones is 1. The van der Waals surface area contributed by atoms with Crippen LogP contribution in [0.1, 0.15) is 36.7 Å². The summed E-state index contributed by atoms with van der Waals surface area (Å²) in [4.78, 5) is 23.4. The van der Waals surface area contributed by atoms with E-state index in [-0.39, 0.29) is 11.8 Å². The molecule has 0 heterocycles. The van der Waals surface area contributed by atoms with Crippen LogP contribution in [-0.2, 0) is 5.54 Å². The van der Waals surface area contributed by atoms with Crippen LogP contribution in [0.3, 0.4) is 0 Å². The topological polar surface area (TPSA) is 58.2 Å². The molecule has 0 spiro atoms. The van der Waals surface area contributed by atoms with Crippen LogP contribution in [-0.4, -0.2) is 11.8 Å². The molecule has 0 radical (unpaired) electrons. The fourth-order valence-corrected chi connectivity index (χ4v) is 2.30. The van der Waals surface area contributed by atoms with Crippen molar-refractivity contribution in [2.75, 3.05) is 5.32 Å². The normalized spacial score (nSPS) is 11.0. The van der Waals surface area contributed by atoms with E-state index in [9.17, 15) is 9.59 Å². The van der Waals surface area contributed by atoms with E-state index in [1.54, 1.807) is 36.4 Å². The zero-order valence-electron chi connectivity index (χ0n) is 13.3. The van der Waals surface area contributed by atoms with Gasteiger partial charge < -0.3 is 10.6 Å². The molecule has 0 bridgehead atoms. The minimum atomic E-state index is -0.548. The molecule has 5 heteroatoms. The van der Waals surface area contributed by atoms with Gasteiger partial charge in [0.05, 0.1) is 5.54 Å². The van der Waals surface area contributed by atoms with E-state index in [1.165, 1.54) is 6.92 Å². The Morgan fingerprint density at radius 2 is 1.52 bits per heavy atom. The van der Waals surface area contributed by atoms with Crippen molar-refractivity contribution in [1.29, 1.82) is 0 Å². The fourth-order valence-electron chi connectivity index (χ4n) is 2.17. The number of Topliss-reactive ketones (excluding diaryl/α,β-unsaturated/α-hetero) is 1. The van der Waals surface area contributed by atoms with Gasteiger partial charge in [-0.15, -0.1) is 0 Å². The second-order valence-electron chi connectivity index (χ2n) is 5.84. The summed E-state index contributed by atoms with van der Waals surface area (Å²) in [6, 6.07) is 13.8. The molecule has 0 saturated carbocycles. The highest BCUT2D eigenvalue weighted by atomic mass is 35.5. The van der Waals surface area contributed by atoms with E-state index in [0.717, 1.165) is 5.56 Å². The first-order valence-corrected chi connectivity index (χ1v) is 7.62. The average molecular weight is 331 g/mol.